The number of rotatable bonds is 0. The van der Waals surface area contributed by atoms with Crippen LogP contribution in [0.5, 0.6) is 6.01 Å². The first-order valence-electron chi connectivity index (χ1n) is 4.61. The Morgan fingerprint density at radius 3 is 2.64 bits per heavy atom. The molecule has 1 aliphatic heterocycles. The molecule has 1 aromatic rings. The second-order valence-corrected chi connectivity index (χ2v) is 4.43. The summed E-state index contributed by atoms with van der Waals surface area (Å²) in [5.74, 6) is 0. The van der Waals surface area contributed by atoms with E-state index in [-0.39, 0.29) is 11.4 Å². The fraction of sp³-hybridized carbons (Fsp3) is 0.500. The van der Waals surface area contributed by atoms with Gasteiger partial charge in [-0.2, -0.15) is 9.97 Å². The summed E-state index contributed by atoms with van der Waals surface area (Å²) in [6.45, 7) is 6.13. The summed E-state index contributed by atoms with van der Waals surface area (Å²) in [7, 11) is 0. The van der Waals surface area contributed by atoms with Crippen molar-refractivity contribution in [2.45, 2.75) is 32.6 Å². The van der Waals surface area contributed by atoms with E-state index < -0.39 is 0 Å². The standard InChI is InChI=1S/C10H13N3O/c1-10(2,3)8-7-6(4-5-11-7)12-9(14)13-8/h5H,4H2,1-3H3,(H,12,13,14). The number of aliphatic imine (C=N–C) groups is 1. The molecule has 1 N–H and O–H groups in total. The van der Waals surface area contributed by atoms with Gasteiger partial charge in [0.15, 0.2) is 0 Å². The van der Waals surface area contributed by atoms with Crippen LogP contribution in [0.1, 0.15) is 32.2 Å². The molecule has 0 fully saturated rings. The molecule has 0 unspecified atom stereocenters. The Labute approximate surface area is 82.7 Å². The van der Waals surface area contributed by atoms with Crippen LogP contribution in [0.4, 0.5) is 5.69 Å². The van der Waals surface area contributed by atoms with E-state index in [9.17, 15) is 5.11 Å². The van der Waals surface area contributed by atoms with Crippen LogP contribution in [-0.2, 0) is 11.8 Å². The predicted molar refractivity (Wildman–Crippen MR) is 54.3 cm³/mol. The lowest BCUT2D eigenvalue weighted by Crippen LogP contribution is -2.14. The highest BCUT2D eigenvalue weighted by Crippen LogP contribution is 2.35. The Hall–Kier alpha value is -1.45. The molecular weight excluding hydrogens is 178 g/mol. The molecule has 14 heavy (non-hydrogen) atoms. The molecule has 2 heterocycles. The molecule has 1 aromatic heterocycles. The largest absolute Gasteiger partial charge is 0.479 e. The highest BCUT2D eigenvalue weighted by molar-refractivity contribution is 5.76. The summed E-state index contributed by atoms with van der Waals surface area (Å²) >= 11 is 0. The quantitative estimate of drug-likeness (QED) is 0.679. The van der Waals surface area contributed by atoms with E-state index in [4.69, 9.17) is 0 Å². The molecule has 0 amide bonds. The highest BCUT2D eigenvalue weighted by Gasteiger charge is 2.25. The first kappa shape index (κ1) is 9.12. The topological polar surface area (TPSA) is 58.4 Å². The van der Waals surface area contributed by atoms with Crippen LogP contribution in [0.2, 0.25) is 0 Å². The minimum Gasteiger partial charge on any atom is -0.479 e. The van der Waals surface area contributed by atoms with Gasteiger partial charge in [0.2, 0.25) is 0 Å². The van der Waals surface area contributed by atoms with Gasteiger partial charge in [-0.25, -0.2) is 0 Å². The monoisotopic (exact) mass is 191 g/mol. The zero-order valence-corrected chi connectivity index (χ0v) is 8.57. The van der Waals surface area contributed by atoms with Crippen LogP contribution < -0.4 is 0 Å². The lowest BCUT2D eigenvalue weighted by atomic mass is 9.90. The molecule has 2 rings (SSSR count). The van der Waals surface area contributed by atoms with Crippen molar-refractivity contribution >= 4 is 11.9 Å². The van der Waals surface area contributed by atoms with Gasteiger partial charge in [-0.15, -0.1) is 0 Å². The van der Waals surface area contributed by atoms with Crippen LogP contribution in [0.3, 0.4) is 0 Å². The first-order chi connectivity index (χ1) is 6.48. The van der Waals surface area contributed by atoms with Gasteiger partial charge in [0, 0.05) is 18.1 Å². The van der Waals surface area contributed by atoms with E-state index in [1.807, 2.05) is 20.8 Å². The van der Waals surface area contributed by atoms with Crippen LogP contribution in [0, 0.1) is 0 Å². The summed E-state index contributed by atoms with van der Waals surface area (Å²) < 4.78 is 0. The summed E-state index contributed by atoms with van der Waals surface area (Å²) in [6, 6.07) is -0.154. The third kappa shape index (κ3) is 1.36. The number of hydrogen-bond acceptors (Lipinski definition) is 4. The zero-order valence-electron chi connectivity index (χ0n) is 8.57. The second kappa shape index (κ2) is 2.77. The van der Waals surface area contributed by atoms with Crippen molar-refractivity contribution in [1.29, 1.82) is 0 Å². The van der Waals surface area contributed by atoms with E-state index >= 15 is 0 Å². The van der Waals surface area contributed by atoms with Crippen molar-refractivity contribution in [3.63, 3.8) is 0 Å². The van der Waals surface area contributed by atoms with Crippen molar-refractivity contribution in [3.05, 3.63) is 11.4 Å². The van der Waals surface area contributed by atoms with E-state index in [0.717, 1.165) is 17.1 Å². The van der Waals surface area contributed by atoms with E-state index in [1.165, 1.54) is 0 Å². The van der Waals surface area contributed by atoms with Crippen molar-refractivity contribution in [1.82, 2.24) is 9.97 Å². The third-order valence-corrected chi connectivity index (χ3v) is 2.16. The lowest BCUT2D eigenvalue weighted by molar-refractivity contribution is 0.418. The number of hydrogen-bond donors (Lipinski definition) is 1. The van der Waals surface area contributed by atoms with Crippen molar-refractivity contribution in [2.75, 3.05) is 0 Å². The van der Waals surface area contributed by atoms with Gasteiger partial charge in [0.05, 0.1) is 11.4 Å². The summed E-state index contributed by atoms with van der Waals surface area (Å²) in [6.07, 6.45) is 2.49. The molecule has 0 spiro atoms. The fourth-order valence-corrected chi connectivity index (χ4v) is 1.51. The van der Waals surface area contributed by atoms with Crippen molar-refractivity contribution in [3.8, 4) is 6.01 Å². The third-order valence-electron chi connectivity index (χ3n) is 2.16. The SMILES string of the molecule is CC(C)(C)c1nc(O)nc2c1N=CC2. The van der Waals surface area contributed by atoms with Crippen LogP contribution >= 0.6 is 0 Å². The van der Waals surface area contributed by atoms with E-state index in [1.54, 1.807) is 6.21 Å². The van der Waals surface area contributed by atoms with Gasteiger partial charge in [-0.3, -0.25) is 4.99 Å². The molecule has 4 heteroatoms. The van der Waals surface area contributed by atoms with Crippen LogP contribution in [0.15, 0.2) is 4.99 Å². The summed E-state index contributed by atoms with van der Waals surface area (Å²) in [4.78, 5) is 12.2. The smallest absolute Gasteiger partial charge is 0.314 e. The summed E-state index contributed by atoms with van der Waals surface area (Å²) in [5.41, 5.74) is 2.35. The molecule has 0 atom stereocenters. The van der Waals surface area contributed by atoms with Crippen molar-refractivity contribution < 1.29 is 5.11 Å². The van der Waals surface area contributed by atoms with E-state index in [2.05, 4.69) is 15.0 Å². The minimum absolute atomic E-state index is 0.119. The average Bonchev–Trinajstić information content (AvgIpc) is 2.47. The fourth-order valence-electron chi connectivity index (χ4n) is 1.51. The Bertz CT molecular complexity index is 405. The van der Waals surface area contributed by atoms with Gasteiger partial charge >= 0.3 is 6.01 Å². The molecule has 74 valence electrons. The lowest BCUT2D eigenvalue weighted by Gasteiger charge is -2.19. The van der Waals surface area contributed by atoms with E-state index in [0.29, 0.717) is 6.42 Å². The molecule has 0 radical (unpaired) electrons. The molecule has 4 nitrogen and oxygen atoms in total. The molecule has 0 saturated heterocycles. The zero-order chi connectivity index (χ0) is 10.3. The van der Waals surface area contributed by atoms with Gasteiger partial charge in [-0.1, -0.05) is 20.8 Å². The Morgan fingerprint density at radius 1 is 1.29 bits per heavy atom. The van der Waals surface area contributed by atoms with Gasteiger partial charge < -0.3 is 5.11 Å². The molecule has 1 aliphatic rings. The number of nitrogens with zero attached hydrogens (tertiary/aromatic N) is 3. The Balaban J connectivity index is 2.65. The second-order valence-electron chi connectivity index (χ2n) is 4.43. The van der Waals surface area contributed by atoms with Gasteiger partial charge in [-0.05, 0) is 0 Å². The average molecular weight is 191 g/mol. The highest BCUT2D eigenvalue weighted by atomic mass is 16.3. The van der Waals surface area contributed by atoms with Gasteiger partial charge in [0.25, 0.3) is 0 Å². The maximum Gasteiger partial charge on any atom is 0.314 e. The maximum atomic E-state index is 9.36. The molecule has 0 saturated carbocycles. The number of fused-ring (bicyclic) bond motifs is 1. The normalized spacial score (nSPS) is 14.5. The van der Waals surface area contributed by atoms with Crippen LogP contribution in [-0.4, -0.2) is 21.3 Å². The Morgan fingerprint density at radius 2 is 2.00 bits per heavy atom. The van der Waals surface area contributed by atoms with Gasteiger partial charge in [0.1, 0.15) is 5.69 Å². The Kier molecular flexibility index (Phi) is 1.80. The minimum atomic E-state index is -0.154. The maximum absolute atomic E-state index is 9.36. The molecule has 0 aliphatic carbocycles. The van der Waals surface area contributed by atoms with Crippen LogP contribution in [0.25, 0.3) is 0 Å². The number of aromatic hydroxyl groups is 1. The first-order valence-corrected chi connectivity index (χ1v) is 4.61. The van der Waals surface area contributed by atoms with Crippen molar-refractivity contribution in [2.24, 2.45) is 4.99 Å². The summed E-state index contributed by atoms with van der Waals surface area (Å²) in [5, 5.41) is 9.36. The molecule has 0 aromatic carbocycles. The molecule has 0 bridgehead atoms. The number of aromatic nitrogens is 2. The predicted octanol–water partition coefficient (Wildman–Crippen LogP) is 1.74. The molecular formula is C10H13N3O.